The summed E-state index contributed by atoms with van der Waals surface area (Å²) in [5.74, 6) is -0.936. The van der Waals surface area contributed by atoms with Gasteiger partial charge >= 0.3 is 12.1 Å². The molecule has 2 rings (SSSR count). The molecule has 1 aliphatic heterocycles. The second-order valence-corrected chi connectivity index (χ2v) is 6.51. The van der Waals surface area contributed by atoms with Crippen molar-refractivity contribution in [2.24, 2.45) is 4.99 Å². The minimum absolute atomic E-state index is 0.130. The van der Waals surface area contributed by atoms with Crippen molar-refractivity contribution in [2.45, 2.75) is 38.8 Å². The van der Waals surface area contributed by atoms with Crippen molar-refractivity contribution in [3.8, 4) is 0 Å². The number of hydrogen-bond donors (Lipinski definition) is 0. The number of hydrogen-bond acceptors (Lipinski definition) is 5. The van der Waals surface area contributed by atoms with Crippen LogP contribution in [-0.2, 0) is 14.3 Å². The van der Waals surface area contributed by atoms with Crippen molar-refractivity contribution in [1.29, 1.82) is 0 Å². The minimum atomic E-state index is -0.794. The SMILES string of the molecule is COC(=O)[C@@H]1CC(=Nc2cccc(F)c2)CN1C(=O)OC(C)(C)C. The van der Waals surface area contributed by atoms with E-state index in [9.17, 15) is 14.0 Å². The van der Waals surface area contributed by atoms with E-state index >= 15 is 0 Å². The summed E-state index contributed by atoms with van der Waals surface area (Å²) in [5.41, 5.74) is 0.335. The summed E-state index contributed by atoms with van der Waals surface area (Å²) >= 11 is 0. The molecule has 0 N–H and O–H groups in total. The van der Waals surface area contributed by atoms with Gasteiger partial charge < -0.3 is 9.47 Å². The smallest absolute Gasteiger partial charge is 0.411 e. The van der Waals surface area contributed by atoms with Crippen molar-refractivity contribution >= 4 is 23.5 Å². The molecular formula is C17H21FN2O4. The summed E-state index contributed by atoms with van der Waals surface area (Å²) in [6, 6.07) is 5.02. The molecule has 0 aliphatic carbocycles. The first-order valence-corrected chi connectivity index (χ1v) is 7.59. The van der Waals surface area contributed by atoms with Gasteiger partial charge in [-0.1, -0.05) is 6.07 Å². The number of benzene rings is 1. The summed E-state index contributed by atoms with van der Waals surface area (Å²) < 4.78 is 23.4. The quantitative estimate of drug-likeness (QED) is 0.778. The van der Waals surface area contributed by atoms with Crippen LogP contribution in [0.3, 0.4) is 0 Å². The van der Waals surface area contributed by atoms with E-state index < -0.39 is 29.5 Å². The first-order valence-electron chi connectivity index (χ1n) is 7.59. The molecule has 0 aromatic heterocycles. The maximum atomic E-state index is 13.3. The fourth-order valence-corrected chi connectivity index (χ4v) is 2.37. The number of aliphatic imine (C=N–C) groups is 1. The van der Waals surface area contributed by atoms with Crippen molar-refractivity contribution in [2.75, 3.05) is 13.7 Å². The molecule has 0 saturated carbocycles. The Morgan fingerprint density at radius 1 is 1.33 bits per heavy atom. The van der Waals surface area contributed by atoms with E-state index in [2.05, 4.69) is 4.99 Å². The predicted octanol–water partition coefficient (Wildman–Crippen LogP) is 3.08. The molecule has 1 aliphatic rings. The van der Waals surface area contributed by atoms with Crippen LogP contribution in [0.1, 0.15) is 27.2 Å². The highest BCUT2D eigenvalue weighted by Gasteiger charge is 2.40. The third-order valence-corrected chi connectivity index (χ3v) is 3.35. The van der Waals surface area contributed by atoms with Crippen LogP contribution in [0.4, 0.5) is 14.9 Å². The van der Waals surface area contributed by atoms with Crippen LogP contribution in [0.5, 0.6) is 0 Å². The number of methoxy groups -OCH3 is 1. The summed E-state index contributed by atoms with van der Waals surface area (Å²) in [7, 11) is 1.26. The molecule has 1 amide bonds. The maximum Gasteiger partial charge on any atom is 0.411 e. The fraction of sp³-hybridized carbons (Fsp3) is 0.471. The number of amides is 1. The van der Waals surface area contributed by atoms with E-state index in [0.29, 0.717) is 11.4 Å². The van der Waals surface area contributed by atoms with Crippen LogP contribution in [0, 0.1) is 5.82 Å². The molecular weight excluding hydrogens is 315 g/mol. The first-order chi connectivity index (χ1) is 11.2. The van der Waals surface area contributed by atoms with E-state index in [1.165, 1.54) is 24.1 Å². The van der Waals surface area contributed by atoms with Gasteiger partial charge in [0.15, 0.2) is 0 Å². The van der Waals surface area contributed by atoms with Crippen LogP contribution in [0.2, 0.25) is 0 Å². The zero-order valence-electron chi connectivity index (χ0n) is 14.2. The lowest BCUT2D eigenvalue weighted by atomic mass is 10.2. The van der Waals surface area contributed by atoms with Crippen LogP contribution >= 0.6 is 0 Å². The van der Waals surface area contributed by atoms with E-state index in [4.69, 9.17) is 9.47 Å². The summed E-state index contributed by atoms with van der Waals surface area (Å²) in [5, 5.41) is 0. The second-order valence-electron chi connectivity index (χ2n) is 6.51. The Labute approximate surface area is 140 Å². The van der Waals surface area contributed by atoms with E-state index in [0.717, 1.165) is 0 Å². The largest absolute Gasteiger partial charge is 0.467 e. The van der Waals surface area contributed by atoms with Crippen LogP contribution in [-0.4, -0.2) is 48.0 Å². The highest BCUT2D eigenvalue weighted by atomic mass is 19.1. The van der Waals surface area contributed by atoms with Gasteiger partial charge in [-0.3, -0.25) is 9.89 Å². The Bertz CT molecular complexity index is 667. The number of likely N-dealkylation sites (tertiary alicyclic amines) is 1. The lowest BCUT2D eigenvalue weighted by Crippen LogP contribution is -2.43. The molecule has 1 saturated heterocycles. The molecule has 130 valence electrons. The Morgan fingerprint density at radius 3 is 2.62 bits per heavy atom. The number of esters is 1. The van der Waals surface area contributed by atoms with Gasteiger partial charge in [0.1, 0.15) is 17.5 Å². The maximum absolute atomic E-state index is 13.3. The van der Waals surface area contributed by atoms with Gasteiger partial charge in [-0.15, -0.1) is 0 Å². The molecule has 0 bridgehead atoms. The van der Waals surface area contributed by atoms with Crippen molar-refractivity contribution in [3.63, 3.8) is 0 Å². The molecule has 7 heteroatoms. The zero-order chi connectivity index (χ0) is 17.9. The number of nitrogens with zero attached hydrogens (tertiary/aromatic N) is 2. The topological polar surface area (TPSA) is 68.2 Å². The van der Waals surface area contributed by atoms with Crippen LogP contribution in [0.15, 0.2) is 29.3 Å². The second kappa shape index (κ2) is 6.98. The normalized spacial score (nSPS) is 19.5. The highest BCUT2D eigenvalue weighted by molar-refractivity contribution is 5.99. The molecule has 1 aromatic carbocycles. The molecule has 24 heavy (non-hydrogen) atoms. The first kappa shape index (κ1) is 17.9. The monoisotopic (exact) mass is 336 g/mol. The van der Waals surface area contributed by atoms with E-state index in [1.54, 1.807) is 32.9 Å². The average Bonchev–Trinajstić information content (AvgIpc) is 2.88. The van der Waals surface area contributed by atoms with Gasteiger partial charge in [0, 0.05) is 12.1 Å². The molecule has 0 unspecified atom stereocenters. The predicted molar refractivity (Wildman–Crippen MR) is 86.9 cm³/mol. The Kier molecular flexibility index (Phi) is 5.21. The van der Waals surface area contributed by atoms with Gasteiger partial charge in [-0.25, -0.2) is 14.0 Å². The zero-order valence-corrected chi connectivity index (χ0v) is 14.2. The van der Waals surface area contributed by atoms with Gasteiger partial charge in [0.05, 0.1) is 19.3 Å². The van der Waals surface area contributed by atoms with Crippen LogP contribution < -0.4 is 0 Å². The Morgan fingerprint density at radius 2 is 2.04 bits per heavy atom. The summed E-state index contributed by atoms with van der Waals surface area (Å²) in [6.45, 7) is 5.37. The third kappa shape index (κ3) is 4.53. The number of carbonyl (C=O) groups excluding carboxylic acids is 2. The van der Waals surface area contributed by atoms with Crippen molar-refractivity contribution in [1.82, 2.24) is 4.90 Å². The standard InChI is InChI=1S/C17H21FN2O4/c1-17(2,3)24-16(22)20-10-13(9-14(20)15(21)23-4)19-12-7-5-6-11(18)8-12/h5-8,14H,9-10H2,1-4H3/t14-/m0/s1. The van der Waals surface area contributed by atoms with E-state index in [-0.39, 0.29) is 13.0 Å². The number of halogens is 1. The summed E-state index contributed by atoms with van der Waals surface area (Å²) in [6.07, 6.45) is -0.384. The molecule has 1 atom stereocenters. The average molecular weight is 336 g/mol. The summed E-state index contributed by atoms with van der Waals surface area (Å²) in [4.78, 5) is 29.9. The van der Waals surface area contributed by atoms with Crippen molar-refractivity contribution in [3.05, 3.63) is 30.1 Å². The number of carbonyl (C=O) groups is 2. The fourth-order valence-electron chi connectivity index (χ4n) is 2.37. The highest BCUT2D eigenvalue weighted by Crippen LogP contribution is 2.23. The Hall–Kier alpha value is -2.44. The number of rotatable bonds is 2. The molecule has 1 heterocycles. The van der Waals surface area contributed by atoms with Crippen molar-refractivity contribution < 1.29 is 23.5 Å². The number of ether oxygens (including phenoxy) is 2. The molecule has 0 spiro atoms. The van der Waals surface area contributed by atoms with Crippen LogP contribution in [0.25, 0.3) is 0 Å². The van der Waals surface area contributed by atoms with Gasteiger partial charge in [-0.2, -0.15) is 0 Å². The molecule has 1 fully saturated rings. The van der Waals surface area contributed by atoms with E-state index in [1.807, 2.05) is 0 Å². The lowest BCUT2D eigenvalue weighted by Gasteiger charge is -2.26. The third-order valence-electron chi connectivity index (χ3n) is 3.35. The van der Waals surface area contributed by atoms with Gasteiger partial charge in [0.25, 0.3) is 0 Å². The molecule has 6 nitrogen and oxygen atoms in total. The van der Waals surface area contributed by atoms with Gasteiger partial charge in [0.2, 0.25) is 0 Å². The molecule has 1 aromatic rings. The van der Waals surface area contributed by atoms with Gasteiger partial charge in [-0.05, 0) is 39.0 Å². The molecule has 0 radical (unpaired) electrons. The minimum Gasteiger partial charge on any atom is -0.467 e. The Balaban J connectivity index is 2.23. The lowest BCUT2D eigenvalue weighted by molar-refractivity contribution is -0.145.